The summed E-state index contributed by atoms with van der Waals surface area (Å²) in [4.78, 5) is 23.3. The first kappa shape index (κ1) is 91.2. The van der Waals surface area contributed by atoms with Gasteiger partial charge in [0.25, 0.3) is 0 Å². The maximum absolute atomic E-state index is 13.5. The molecule has 5 atom stereocenters. The van der Waals surface area contributed by atoms with Gasteiger partial charge in [-0.15, -0.1) is 56.7 Å². The number of allylic oxidation sites excluding steroid dienone is 1. The number of aryl methyl sites for hydroxylation is 2. The Hall–Kier alpha value is -4.28. The van der Waals surface area contributed by atoms with Crippen LogP contribution < -0.4 is 18.9 Å². The molecule has 0 radical (unpaired) electrons. The summed E-state index contributed by atoms with van der Waals surface area (Å²) in [6.07, 6.45) is 4.51. The third kappa shape index (κ3) is 22.9. The minimum absolute atomic E-state index is 0.110. The highest BCUT2D eigenvalue weighted by Gasteiger charge is 2.76. The Kier molecular flexibility index (Phi) is 31.7. The molecule has 2 fully saturated rings. The number of nitrogens with zero attached hydrogens (tertiary/aromatic N) is 5. The van der Waals surface area contributed by atoms with E-state index in [1.165, 1.54) is 51.7 Å². The van der Waals surface area contributed by atoms with Crippen LogP contribution in [0.15, 0.2) is 195 Å². The van der Waals surface area contributed by atoms with Crippen molar-refractivity contribution in [1.29, 1.82) is 0 Å². The molecule has 14 nitrogen and oxygen atoms in total. The zero-order chi connectivity index (χ0) is 80.8. The van der Waals surface area contributed by atoms with Gasteiger partial charge >= 0.3 is 12.4 Å². The fraction of sp³-hybridized carbons (Fsp3) is 0.412. The lowest BCUT2D eigenvalue weighted by atomic mass is 9.72. The summed E-state index contributed by atoms with van der Waals surface area (Å²) in [5.41, 5.74) is -4.94. The van der Waals surface area contributed by atoms with E-state index >= 15 is 0 Å². The van der Waals surface area contributed by atoms with E-state index in [0.29, 0.717) is 24.3 Å². The Balaban J connectivity index is 0.000000173. The van der Waals surface area contributed by atoms with Crippen LogP contribution in [0.1, 0.15) is 129 Å². The maximum Gasteiger partial charge on any atom is 0.397 e. The average molecular weight is 2080 g/mol. The molecule has 5 unspecified atom stereocenters. The molecule has 110 heavy (non-hydrogen) atoms. The highest BCUT2D eigenvalue weighted by atomic mass is 127. The van der Waals surface area contributed by atoms with Crippen LogP contribution in [0.5, 0.6) is 23.0 Å². The molecule has 10 aromatic rings. The quantitative estimate of drug-likeness (QED) is 0.0205. The highest BCUT2D eigenvalue weighted by Crippen LogP contribution is 2.68. The standard InChI is InChI=1S/C17H22INO2S.C17H20INO2S.C16H20BrNOS.C15H13BrF3NO2S.C15H13F3INO2S/c1-12-19-10-15(22-12)9-17(20,16(2,3)4)11-21-14-7-5-13(18)6-8-14;1-4-9-16(2,3)17(20,15-10-19-12-22-15)11-21-14-7-5-13(18)6-8-14;1-15(2,3)16(19,14-10-18-11-20-14)9-8-12-4-6-13(17)7-5-12;16-10-1-3-11(4-2-10)22-8-14(21,12-7-20-9-23-12)13(5-6-13)15(17,18)19;16-15(17,18)13(5-6-13)14(21,12-7-20-9-23-12)8-22-11-3-1-10(19)2-4-11/h5-8,10,20H,9,11H2,1-4H3;4-10,12,20H,11H2,1-3H3;4-7,10-11,19H,8-9H2,1-3H3;2*1-4,7,9,21H,5-6,8H2/b;9-4+;;;. The molecule has 5 N–H and O–H groups in total. The number of alkyl halides is 6. The Morgan fingerprint density at radius 2 is 0.809 bits per heavy atom. The summed E-state index contributed by atoms with van der Waals surface area (Å²) in [5.74, 6) is 2.35. The minimum Gasteiger partial charge on any atom is -0.491 e. The van der Waals surface area contributed by atoms with Crippen molar-refractivity contribution in [1.82, 2.24) is 24.9 Å². The van der Waals surface area contributed by atoms with Crippen LogP contribution in [0, 0.1) is 44.7 Å². The summed E-state index contributed by atoms with van der Waals surface area (Å²) in [6, 6.07) is 37.5. The summed E-state index contributed by atoms with van der Waals surface area (Å²) in [6.45, 7) is 19.8. The molecule has 2 aliphatic carbocycles. The average Bonchev–Trinajstić information content (AvgIpc) is 1.55. The van der Waals surface area contributed by atoms with E-state index in [1.54, 1.807) is 83.3 Å². The first-order chi connectivity index (χ1) is 51.5. The number of benzene rings is 5. The van der Waals surface area contributed by atoms with E-state index < -0.39 is 69.8 Å². The molecule has 30 heteroatoms. The van der Waals surface area contributed by atoms with E-state index in [4.69, 9.17) is 18.9 Å². The molecule has 0 bridgehead atoms. The molecule has 594 valence electrons. The monoisotopic (exact) mass is 2080 g/mol. The van der Waals surface area contributed by atoms with Crippen molar-refractivity contribution in [2.45, 2.75) is 155 Å². The fourth-order valence-electron chi connectivity index (χ4n) is 11.9. The highest BCUT2D eigenvalue weighted by molar-refractivity contribution is 14.1. The first-order valence-electron chi connectivity index (χ1n) is 34.6. The molecule has 0 saturated heterocycles. The molecule has 5 aromatic heterocycles. The predicted octanol–water partition coefficient (Wildman–Crippen LogP) is 22.7. The zero-order valence-corrected chi connectivity index (χ0v) is 75.7. The lowest BCUT2D eigenvalue weighted by molar-refractivity contribution is -0.252. The van der Waals surface area contributed by atoms with Gasteiger partial charge in [-0.3, -0.25) is 19.9 Å². The van der Waals surface area contributed by atoms with Gasteiger partial charge in [-0.2, -0.15) is 26.3 Å². The normalized spacial score (nSPS) is 16.7. The first-order valence-corrected chi connectivity index (χ1v) is 43.8. The fourth-order valence-corrected chi connectivity index (χ4v) is 17.8. The smallest absolute Gasteiger partial charge is 0.397 e. The zero-order valence-electron chi connectivity index (χ0n) is 62.0. The predicted molar refractivity (Wildman–Crippen MR) is 459 cm³/mol. The van der Waals surface area contributed by atoms with Gasteiger partial charge in [-0.05, 0) is 246 Å². The summed E-state index contributed by atoms with van der Waals surface area (Å²) < 4.78 is 109. The van der Waals surface area contributed by atoms with Gasteiger partial charge in [0.2, 0.25) is 0 Å². The number of hydrogen-bond acceptors (Lipinski definition) is 19. The van der Waals surface area contributed by atoms with Gasteiger partial charge in [-0.25, -0.2) is 4.98 Å². The van der Waals surface area contributed by atoms with Gasteiger partial charge in [0, 0.05) is 67.4 Å². The second-order valence-corrected chi connectivity index (χ2v) is 39.9. The van der Waals surface area contributed by atoms with Crippen LogP contribution in [0.25, 0.3) is 0 Å². The van der Waals surface area contributed by atoms with E-state index in [9.17, 15) is 51.9 Å². The number of aliphatic hydroxyl groups is 5. The van der Waals surface area contributed by atoms with Crippen molar-refractivity contribution in [3.8, 4) is 23.0 Å². The number of rotatable bonds is 25. The maximum atomic E-state index is 13.5. The molecule has 2 saturated carbocycles. The number of aromatic nitrogens is 5. The third-order valence-corrected chi connectivity index (χ3v) is 27.5. The summed E-state index contributed by atoms with van der Waals surface area (Å²) in [5, 5.41) is 56.6. The lowest BCUT2D eigenvalue weighted by Crippen LogP contribution is -2.49. The van der Waals surface area contributed by atoms with E-state index in [0.717, 1.165) is 79.9 Å². The molecule has 5 heterocycles. The van der Waals surface area contributed by atoms with E-state index in [2.05, 4.69) is 157 Å². The number of halogens is 11. The van der Waals surface area contributed by atoms with Crippen molar-refractivity contribution in [2.75, 3.05) is 26.4 Å². The van der Waals surface area contributed by atoms with Crippen LogP contribution in [0.2, 0.25) is 0 Å². The van der Waals surface area contributed by atoms with Crippen LogP contribution in [-0.4, -0.2) is 94.8 Å². The van der Waals surface area contributed by atoms with Gasteiger partial charge in [-0.1, -0.05) is 112 Å². The summed E-state index contributed by atoms with van der Waals surface area (Å²) >= 11 is 20.0. The van der Waals surface area contributed by atoms with Crippen LogP contribution in [-0.2, 0) is 35.2 Å². The van der Waals surface area contributed by atoms with Gasteiger partial charge in [0.15, 0.2) is 0 Å². The second-order valence-electron chi connectivity index (χ2n) is 29.4. The van der Waals surface area contributed by atoms with Crippen LogP contribution in [0.3, 0.4) is 0 Å². The molecule has 12 rings (SSSR count). The molecular formula is C80H88Br2F6I3N5O9S5. The molecule has 5 aromatic carbocycles. The van der Waals surface area contributed by atoms with Gasteiger partial charge in [0.05, 0.1) is 46.6 Å². The van der Waals surface area contributed by atoms with Crippen molar-refractivity contribution in [3.63, 3.8) is 0 Å². The Morgan fingerprint density at radius 3 is 1.13 bits per heavy atom. The Bertz CT molecular complexity index is 4340. The third-order valence-electron chi connectivity index (χ3n) is 19.7. The van der Waals surface area contributed by atoms with Crippen molar-refractivity contribution in [2.24, 2.45) is 27.1 Å². The number of ether oxygens (including phenoxy) is 4. The Morgan fingerprint density at radius 1 is 0.464 bits per heavy atom. The topological polar surface area (TPSA) is 203 Å². The van der Waals surface area contributed by atoms with Crippen LogP contribution in [0.4, 0.5) is 26.3 Å². The molecule has 0 amide bonds. The Labute approximate surface area is 716 Å². The van der Waals surface area contributed by atoms with E-state index in [-0.39, 0.29) is 59.5 Å². The SMILES string of the molecule is C/C=C/C(C)(C)C(O)(COc1ccc(I)cc1)c1cncs1.CC(C)(C)C(O)(CCc1ccc(Br)cc1)c1cncs1.Cc1ncc(CC(O)(COc2ccc(I)cc2)C(C)(C)C)s1.OC(COc1ccc(Br)cc1)(c1cncs1)C1(C(F)(F)F)CC1.OC(COc1ccc(I)cc1)(c1cncs1)C1(C(F)(F)F)CC1. The largest absolute Gasteiger partial charge is 0.491 e. The van der Waals surface area contributed by atoms with Crippen molar-refractivity contribution in [3.05, 3.63) is 241 Å². The van der Waals surface area contributed by atoms with Crippen molar-refractivity contribution < 1.29 is 70.8 Å². The van der Waals surface area contributed by atoms with Crippen molar-refractivity contribution >= 4 is 156 Å². The molecule has 2 aliphatic rings. The molecule has 0 spiro atoms. The van der Waals surface area contributed by atoms with Gasteiger partial charge in [0.1, 0.15) is 88.3 Å². The second kappa shape index (κ2) is 38.2. The van der Waals surface area contributed by atoms with Gasteiger partial charge < -0.3 is 44.5 Å². The lowest BCUT2D eigenvalue weighted by Gasteiger charge is -2.39. The van der Waals surface area contributed by atoms with Crippen LogP contribution >= 0.6 is 156 Å². The molecule has 0 aliphatic heterocycles. The number of hydrogen-bond donors (Lipinski definition) is 5. The molecular weight excluding hydrogens is 1990 g/mol. The summed E-state index contributed by atoms with van der Waals surface area (Å²) in [7, 11) is 0. The minimum atomic E-state index is -4.51. The number of thiazole rings is 5. The van der Waals surface area contributed by atoms with E-state index in [1.807, 2.05) is 127 Å².